The third-order valence-electron chi connectivity index (χ3n) is 3.07. The standard InChI is InChI=1S/C14H21NO3S/c1-3-14(2,10-11-16)15-19(17,18)12-9-13-7-5-4-6-8-13/h4-9,12,15-16H,3,10-11H2,1-2H3/b12-9+. The normalized spacial score (nSPS) is 15.5. The van der Waals surface area contributed by atoms with Crippen molar-refractivity contribution in [2.24, 2.45) is 0 Å². The molecule has 106 valence electrons. The van der Waals surface area contributed by atoms with E-state index in [9.17, 15) is 8.42 Å². The van der Waals surface area contributed by atoms with Crippen molar-refractivity contribution in [1.82, 2.24) is 4.72 Å². The highest BCUT2D eigenvalue weighted by Crippen LogP contribution is 2.16. The van der Waals surface area contributed by atoms with Gasteiger partial charge in [-0.25, -0.2) is 13.1 Å². The van der Waals surface area contributed by atoms with Crippen LogP contribution in [0.2, 0.25) is 0 Å². The number of aliphatic hydroxyl groups is 1. The number of sulfonamides is 1. The zero-order valence-electron chi connectivity index (χ0n) is 11.3. The number of hydrogen-bond donors (Lipinski definition) is 2. The van der Waals surface area contributed by atoms with Gasteiger partial charge in [-0.2, -0.15) is 0 Å². The van der Waals surface area contributed by atoms with Crippen LogP contribution in [0.5, 0.6) is 0 Å². The maximum absolute atomic E-state index is 12.0. The minimum Gasteiger partial charge on any atom is -0.396 e. The average molecular weight is 283 g/mol. The van der Waals surface area contributed by atoms with Crippen LogP contribution in [-0.4, -0.2) is 25.7 Å². The van der Waals surface area contributed by atoms with E-state index in [-0.39, 0.29) is 6.61 Å². The average Bonchev–Trinajstić information content (AvgIpc) is 2.37. The minimum atomic E-state index is -3.51. The lowest BCUT2D eigenvalue weighted by molar-refractivity contribution is 0.233. The molecule has 1 unspecified atom stereocenters. The first-order valence-corrected chi connectivity index (χ1v) is 7.83. The van der Waals surface area contributed by atoms with E-state index < -0.39 is 15.6 Å². The largest absolute Gasteiger partial charge is 0.396 e. The molecule has 1 aromatic rings. The number of benzene rings is 1. The van der Waals surface area contributed by atoms with Gasteiger partial charge in [-0.05, 0) is 31.4 Å². The van der Waals surface area contributed by atoms with Crippen molar-refractivity contribution in [2.75, 3.05) is 6.61 Å². The molecule has 0 fully saturated rings. The van der Waals surface area contributed by atoms with Gasteiger partial charge in [-0.1, -0.05) is 37.3 Å². The van der Waals surface area contributed by atoms with Gasteiger partial charge in [0.25, 0.3) is 0 Å². The predicted octanol–water partition coefficient (Wildman–Crippen LogP) is 2.13. The van der Waals surface area contributed by atoms with Gasteiger partial charge in [0.2, 0.25) is 10.0 Å². The first-order chi connectivity index (χ1) is 8.91. The second kappa shape index (κ2) is 6.84. The van der Waals surface area contributed by atoms with E-state index in [4.69, 9.17) is 5.11 Å². The molecule has 0 saturated carbocycles. The van der Waals surface area contributed by atoms with Crippen molar-refractivity contribution in [3.05, 3.63) is 41.3 Å². The van der Waals surface area contributed by atoms with Crippen molar-refractivity contribution in [1.29, 1.82) is 0 Å². The number of aliphatic hydroxyl groups excluding tert-OH is 1. The summed E-state index contributed by atoms with van der Waals surface area (Å²) in [6.45, 7) is 3.63. The third kappa shape index (κ3) is 5.55. The second-order valence-electron chi connectivity index (χ2n) is 4.75. The van der Waals surface area contributed by atoms with Crippen LogP contribution in [0.3, 0.4) is 0 Å². The lowest BCUT2D eigenvalue weighted by atomic mass is 9.97. The molecule has 1 aromatic carbocycles. The number of nitrogens with one attached hydrogen (secondary N) is 1. The van der Waals surface area contributed by atoms with Crippen LogP contribution in [0.15, 0.2) is 35.7 Å². The van der Waals surface area contributed by atoms with E-state index in [0.717, 1.165) is 11.0 Å². The molecule has 0 aromatic heterocycles. The smallest absolute Gasteiger partial charge is 0.234 e. The molecule has 0 aliphatic heterocycles. The second-order valence-corrected chi connectivity index (χ2v) is 6.31. The Morgan fingerprint density at radius 1 is 1.32 bits per heavy atom. The lowest BCUT2D eigenvalue weighted by Crippen LogP contribution is -2.45. The molecule has 0 spiro atoms. The zero-order valence-corrected chi connectivity index (χ0v) is 12.2. The Labute approximate surface area is 115 Å². The summed E-state index contributed by atoms with van der Waals surface area (Å²) in [5.74, 6) is 0. The summed E-state index contributed by atoms with van der Waals surface area (Å²) < 4.78 is 26.6. The molecule has 5 heteroatoms. The molecule has 0 radical (unpaired) electrons. The van der Waals surface area contributed by atoms with Gasteiger partial charge >= 0.3 is 0 Å². The maximum atomic E-state index is 12.0. The van der Waals surface area contributed by atoms with E-state index in [1.165, 1.54) is 0 Å². The molecule has 1 atom stereocenters. The molecule has 0 heterocycles. The number of rotatable bonds is 7. The van der Waals surface area contributed by atoms with Gasteiger partial charge < -0.3 is 5.11 Å². The van der Waals surface area contributed by atoms with Gasteiger partial charge in [0.05, 0.1) is 0 Å². The van der Waals surface area contributed by atoms with Crippen LogP contribution in [0.1, 0.15) is 32.3 Å². The lowest BCUT2D eigenvalue weighted by Gasteiger charge is -2.27. The van der Waals surface area contributed by atoms with Crippen molar-refractivity contribution in [3.63, 3.8) is 0 Å². The van der Waals surface area contributed by atoms with Gasteiger partial charge in [-0.15, -0.1) is 0 Å². The van der Waals surface area contributed by atoms with Crippen molar-refractivity contribution >= 4 is 16.1 Å². The number of hydrogen-bond acceptors (Lipinski definition) is 3. The highest BCUT2D eigenvalue weighted by atomic mass is 32.2. The van der Waals surface area contributed by atoms with Gasteiger partial charge in [0, 0.05) is 17.6 Å². The summed E-state index contributed by atoms with van der Waals surface area (Å²) in [7, 11) is -3.51. The molecular formula is C14H21NO3S. The first-order valence-electron chi connectivity index (χ1n) is 6.29. The van der Waals surface area contributed by atoms with Crippen LogP contribution >= 0.6 is 0 Å². The van der Waals surface area contributed by atoms with E-state index in [1.54, 1.807) is 13.0 Å². The van der Waals surface area contributed by atoms with E-state index in [0.29, 0.717) is 12.8 Å². The predicted molar refractivity (Wildman–Crippen MR) is 77.9 cm³/mol. The fourth-order valence-electron chi connectivity index (χ4n) is 1.66. The fourth-order valence-corrected chi connectivity index (χ4v) is 2.99. The molecule has 0 bridgehead atoms. The van der Waals surface area contributed by atoms with E-state index in [1.807, 2.05) is 37.3 Å². The highest BCUT2D eigenvalue weighted by molar-refractivity contribution is 7.92. The zero-order chi connectivity index (χ0) is 14.4. The molecular weight excluding hydrogens is 262 g/mol. The Balaban J connectivity index is 2.79. The molecule has 0 amide bonds. The molecule has 2 N–H and O–H groups in total. The Morgan fingerprint density at radius 3 is 2.47 bits per heavy atom. The first kappa shape index (κ1) is 15.9. The van der Waals surface area contributed by atoms with Gasteiger partial charge in [-0.3, -0.25) is 0 Å². The Hall–Kier alpha value is -1.17. The van der Waals surface area contributed by atoms with Crippen LogP contribution < -0.4 is 4.72 Å². The quantitative estimate of drug-likeness (QED) is 0.805. The summed E-state index contributed by atoms with van der Waals surface area (Å²) >= 11 is 0. The van der Waals surface area contributed by atoms with Crippen LogP contribution in [0, 0.1) is 0 Å². The van der Waals surface area contributed by atoms with Crippen LogP contribution in [0.4, 0.5) is 0 Å². The van der Waals surface area contributed by atoms with Gasteiger partial charge in [0.15, 0.2) is 0 Å². The van der Waals surface area contributed by atoms with Crippen molar-refractivity contribution < 1.29 is 13.5 Å². The van der Waals surface area contributed by atoms with Crippen molar-refractivity contribution in [2.45, 2.75) is 32.2 Å². The topological polar surface area (TPSA) is 66.4 Å². The minimum absolute atomic E-state index is 0.0464. The van der Waals surface area contributed by atoms with E-state index in [2.05, 4.69) is 4.72 Å². The van der Waals surface area contributed by atoms with Crippen molar-refractivity contribution in [3.8, 4) is 0 Å². The molecule has 0 aliphatic rings. The van der Waals surface area contributed by atoms with Crippen LogP contribution in [-0.2, 0) is 10.0 Å². The third-order valence-corrected chi connectivity index (χ3v) is 4.34. The Morgan fingerprint density at radius 2 is 1.95 bits per heavy atom. The summed E-state index contributed by atoms with van der Waals surface area (Å²) in [5, 5.41) is 10.1. The monoisotopic (exact) mass is 283 g/mol. The fraction of sp³-hybridized carbons (Fsp3) is 0.429. The summed E-state index contributed by atoms with van der Waals surface area (Å²) in [5.41, 5.74) is 0.211. The molecule has 0 saturated heterocycles. The Bertz CT molecular complexity index is 511. The Kier molecular flexibility index (Phi) is 5.72. The summed E-state index contributed by atoms with van der Waals surface area (Å²) in [6.07, 6.45) is 2.56. The van der Waals surface area contributed by atoms with Crippen LogP contribution in [0.25, 0.3) is 6.08 Å². The molecule has 4 nitrogen and oxygen atoms in total. The van der Waals surface area contributed by atoms with Gasteiger partial charge in [0.1, 0.15) is 0 Å². The van der Waals surface area contributed by atoms with E-state index >= 15 is 0 Å². The molecule has 19 heavy (non-hydrogen) atoms. The summed E-state index contributed by atoms with van der Waals surface area (Å²) in [4.78, 5) is 0. The highest BCUT2D eigenvalue weighted by Gasteiger charge is 2.25. The summed E-state index contributed by atoms with van der Waals surface area (Å²) in [6, 6.07) is 9.24. The molecule has 0 aliphatic carbocycles. The SMILES string of the molecule is CCC(C)(CCO)NS(=O)(=O)/C=C/c1ccccc1. The molecule has 1 rings (SSSR count). The maximum Gasteiger partial charge on any atom is 0.234 e.